The van der Waals surface area contributed by atoms with Gasteiger partial charge in [-0.15, -0.1) is 0 Å². The van der Waals surface area contributed by atoms with Crippen molar-refractivity contribution in [2.45, 2.75) is 0 Å². The van der Waals surface area contributed by atoms with Crippen LogP contribution in [-0.2, 0) is 0 Å². The van der Waals surface area contributed by atoms with Gasteiger partial charge in [-0.1, -0.05) is 182 Å². The molecular weight excluding hydrogens is 703 g/mol. The molecule has 11 aromatic rings. The van der Waals surface area contributed by atoms with Crippen LogP contribution in [-0.4, -0.2) is 0 Å². The number of hydrogen-bond acceptors (Lipinski definition) is 2. The topological polar surface area (TPSA) is 16.4 Å². The lowest BCUT2D eigenvalue weighted by molar-refractivity contribution is 0.670. The molecule has 0 radical (unpaired) electrons. The summed E-state index contributed by atoms with van der Waals surface area (Å²) in [6, 6.07) is 80.6. The number of para-hydroxylation sites is 1. The van der Waals surface area contributed by atoms with E-state index in [1.165, 1.54) is 43.8 Å². The van der Waals surface area contributed by atoms with E-state index < -0.39 is 0 Å². The zero-order valence-electron chi connectivity index (χ0n) is 31.7. The lowest BCUT2D eigenvalue weighted by Gasteiger charge is -2.29. The minimum atomic E-state index is 0.861. The number of hydrogen-bond donors (Lipinski definition) is 0. The fourth-order valence-corrected chi connectivity index (χ4v) is 8.63. The fraction of sp³-hybridized carbons (Fsp3) is 0. The minimum absolute atomic E-state index is 0.861. The van der Waals surface area contributed by atoms with Gasteiger partial charge < -0.3 is 9.32 Å². The Morgan fingerprint density at radius 3 is 1.60 bits per heavy atom. The van der Waals surface area contributed by atoms with Gasteiger partial charge in [-0.05, 0) is 97.4 Å². The average Bonchev–Trinajstić information content (AvgIpc) is 3.70. The zero-order chi connectivity index (χ0) is 38.4. The first-order chi connectivity index (χ1) is 28.8. The van der Waals surface area contributed by atoms with E-state index in [2.05, 4.69) is 229 Å². The predicted octanol–water partition coefficient (Wildman–Crippen LogP) is 16.0. The Labute approximate surface area is 337 Å². The monoisotopic (exact) mass is 739 g/mol. The molecule has 0 unspecified atom stereocenters. The highest BCUT2D eigenvalue weighted by Crippen LogP contribution is 2.49. The summed E-state index contributed by atoms with van der Waals surface area (Å²) < 4.78 is 6.90. The van der Waals surface area contributed by atoms with E-state index in [1.54, 1.807) is 0 Å². The van der Waals surface area contributed by atoms with Crippen molar-refractivity contribution in [2.24, 2.45) is 0 Å². The molecule has 0 spiro atoms. The highest BCUT2D eigenvalue weighted by Gasteiger charge is 2.25. The van der Waals surface area contributed by atoms with E-state index in [-0.39, 0.29) is 0 Å². The van der Waals surface area contributed by atoms with E-state index in [0.717, 1.165) is 61.3 Å². The Bertz CT molecular complexity index is 3260. The van der Waals surface area contributed by atoms with Gasteiger partial charge in [0.05, 0.1) is 16.8 Å². The van der Waals surface area contributed by atoms with Gasteiger partial charge in [0.2, 0.25) is 0 Å². The zero-order valence-corrected chi connectivity index (χ0v) is 31.7. The number of furan rings is 1. The minimum Gasteiger partial charge on any atom is -0.455 e. The van der Waals surface area contributed by atoms with Crippen molar-refractivity contribution in [3.63, 3.8) is 0 Å². The molecule has 0 saturated heterocycles. The summed E-state index contributed by atoms with van der Waals surface area (Å²) in [5.74, 6) is 0. The number of benzene rings is 10. The molecule has 0 bridgehead atoms. The Kier molecular flexibility index (Phi) is 8.19. The van der Waals surface area contributed by atoms with Crippen LogP contribution in [0.3, 0.4) is 0 Å². The molecule has 0 amide bonds. The quantitative estimate of drug-likeness (QED) is 0.151. The third-order valence-electron chi connectivity index (χ3n) is 11.5. The summed E-state index contributed by atoms with van der Waals surface area (Å²) in [6.07, 6.45) is 0. The van der Waals surface area contributed by atoms with E-state index in [0.29, 0.717) is 0 Å². The van der Waals surface area contributed by atoms with Gasteiger partial charge in [0, 0.05) is 22.2 Å². The molecule has 1 aromatic heterocycles. The molecule has 1 heterocycles. The molecule has 10 aromatic carbocycles. The lowest BCUT2D eigenvalue weighted by Crippen LogP contribution is -2.12. The van der Waals surface area contributed by atoms with Crippen LogP contribution in [0.15, 0.2) is 229 Å². The fourth-order valence-electron chi connectivity index (χ4n) is 8.63. The third-order valence-corrected chi connectivity index (χ3v) is 11.5. The molecule has 0 aliphatic heterocycles. The van der Waals surface area contributed by atoms with Gasteiger partial charge in [0.25, 0.3) is 0 Å². The van der Waals surface area contributed by atoms with Crippen LogP contribution >= 0.6 is 0 Å². The number of fused-ring (bicyclic) bond motifs is 6. The Morgan fingerprint density at radius 2 is 0.845 bits per heavy atom. The van der Waals surface area contributed by atoms with Crippen LogP contribution in [0.4, 0.5) is 17.1 Å². The summed E-state index contributed by atoms with van der Waals surface area (Å²) in [5, 5.41) is 7.06. The molecule has 58 heavy (non-hydrogen) atoms. The number of nitrogens with zero attached hydrogens (tertiary/aromatic N) is 1. The van der Waals surface area contributed by atoms with Crippen LogP contribution in [0.25, 0.3) is 88.0 Å². The molecule has 2 heteroatoms. The Balaban J connectivity index is 1.18. The molecular formula is C56H37NO. The average molecular weight is 740 g/mol. The van der Waals surface area contributed by atoms with Crippen LogP contribution < -0.4 is 4.90 Å². The van der Waals surface area contributed by atoms with Crippen molar-refractivity contribution in [2.75, 3.05) is 4.90 Å². The van der Waals surface area contributed by atoms with E-state index in [1.807, 2.05) is 0 Å². The summed E-state index contributed by atoms with van der Waals surface area (Å²) in [4.78, 5) is 2.44. The molecule has 2 nitrogen and oxygen atoms in total. The van der Waals surface area contributed by atoms with E-state index in [4.69, 9.17) is 4.42 Å². The standard InChI is InChI=1S/C56H37NO/c1-4-14-38(15-5-1)40-24-26-43(27-25-40)49-33-35-53(55-50-22-12-13-23-54(50)58-56(49)55)57(46-31-32-48-45(36-46)29-28-42-20-10-11-21-47(42)48)52-34-30-44(39-16-6-2-7-17-39)37-51(52)41-18-8-3-9-19-41/h1-37H. The maximum atomic E-state index is 6.90. The van der Waals surface area contributed by atoms with Crippen molar-refractivity contribution in [1.82, 2.24) is 0 Å². The Hall–Kier alpha value is -7.68. The van der Waals surface area contributed by atoms with Gasteiger partial charge in [-0.3, -0.25) is 0 Å². The lowest BCUT2D eigenvalue weighted by atomic mass is 9.94. The highest BCUT2D eigenvalue weighted by atomic mass is 16.3. The Morgan fingerprint density at radius 1 is 0.310 bits per heavy atom. The van der Waals surface area contributed by atoms with Crippen molar-refractivity contribution < 1.29 is 4.42 Å². The molecule has 11 rings (SSSR count). The molecule has 0 atom stereocenters. The molecule has 272 valence electrons. The second-order valence-electron chi connectivity index (χ2n) is 14.9. The first kappa shape index (κ1) is 33.6. The summed E-state index contributed by atoms with van der Waals surface area (Å²) in [5.41, 5.74) is 14.1. The summed E-state index contributed by atoms with van der Waals surface area (Å²) in [7, 11) is 0. The van der Waals surface area contributed by atoms with Crippen LogP contribution in [0, 0.1) is 0 Å². The van der Waals surface area contributed by atoms with Crippen molar-refractivity contribution >= 4 is 60.5 Å². The second kappa shape index (κ2) is 14.1. The van der Waals surface area contributed by atoms with Gasteiger partial charge in [-0.2, -0.15) is 0 Å². The van der Waals surface area contributed by atoms with Gasteiger partial charge in [-0.25, -0.2) is 0 Å². The summed E-state index contributed by atoms with van der Waals surface area (Å²) in [6.45, 7) is 0. The van der Waals surface area contributed by atoms with Gasteiger partial charge >= 0.3 is 0 Å². The maximum absolute atomic E-state index is 6.90. The number of anilines is 3. The van der Waals surface area contributed by atoms with Crippen LogP contribution in [0.1, 0.15) is 0 Å². The van der Waals surface area contributed by atoms with Crippen LogP contribution in [0.2, 0.25) is 0 Å². The normalized spacial score (nSPS) is 11.4. The third kappa shape index (κ3) is 5.82. The SMILES string of the molecule is c1ccc(-c2ccc(-c3ccc(N(c4ccc5c(ccc6ccccc65)c4)c4ccc(-c5ccccc5)cc4-c4ccccc4)c4c3oc3ccccc34)cc2)cc1. The van der Waals surface area contributed by atoms with Gasteiger partial charge in [0.15, 0.2) is 0 Å². The van der Waals surface area contributed by atoms with Crippen molar-refractivity contribution in [3.8, 4) is 44.5 Å². The van der Waals surface area contributed by atoms with E-state index >= 15 is 0 Å². The molecule has 0 aliphatic rings. The van der Waals surface area contributed by atoms with Gasteiger partial charge in [0.1, 0.15) is 11.2 Å². The first-order valence-corrected chi connectivity index (χ1v) is 19.8. The van der Waals surface area contributed by atoms with Crippen molar-refractivity contribution in [3.05, 3.63) is 224 Å². The van der Waals surface area contributed by atoms with E-state index in [9.17, 15) is 0 Å². The first-order valence-electron chi connectivity index (χ1n) is 19.8. The number of rotatable bonds is 7. The van der Waals surface area contributed by atoms with Crippen LogP contribution in [0.5, 0.6) is 0 Å². The maximum Gasteiger partial charge on any atom is 0.145 e. The predicted molar refractivity (Wildman–Crippen MR) is 245 cm³/mol. The molecule has 0 N–H and O–H groups in total. The summed E-state index contributed by atoms with van der Waals surface area (Å²) >= 11 is 0. The molecule has 0 saturated carbocycles. The second-order valence-corrected chi connectivity index (χ2v) is 14.9. The highest BCUT2D eigenvalue weighted by molar-refractivity contribution is 6.18. The largest absolute Gasteiger partial charge is 0.455 e. The van der Waals surface area contributed by atoms with Crippen molar-refractivity contribution in [1.29, 1.82) is 0 Å². The molecule has 0 aliphatic carbocycles. The molecule has 0 fully saturated rings. The smallest absolute Gasteiger partial charge is 0.145 e.